The summed E-state index contributed by atoms with van der Waals surface area (Å²) in [6.07, 6.45) is 6.89. The molecule has 0 radical (unpaired) electrons. The van der Waals surface area contributed by atoms with Crippen molar-refractivity contribution < 1.29 is 32.3 Å². The van der Waals surface area contributed by atoms with E-state index in [1.54, 1.807) is 14.0 Å². The second-order valence-corrected chi connectivity index (χ2v) is 17.6. The molecule has 2 aliphatic heterocycles. The summed E-state index contributed by atoms with van der Waals surface area (Å²) in [7, 11) is -2.34. The molecule has 1 saturated heterocycles. The number of carbonyl (C=O) groups excluding carboxylic acids is 3. The summed E-state index contributed by atoms with van der Waals surface area (Å²) >= 11 is 1.50. The molecule has 3 N–H and O–H groups in total. The number of allylic oxidation sites excluding steroid dienone is 1. The Morgan fingerprint density at radius 1 is 1.16 bits per heavy atom. The highest BCUT2D eigenvalue weighted by Gasteiger charge is 2.63. The molecule has 15 heteroatoms. The van der Waals surface area contributed by atoms with Gasteiger partial charge in [-0.15, -0.1) is 11.3 Å². The molecule has 4 aliphatic rings. The largest absolute Gasteiger partial charge is 0.497 e. The van der Waals surface area contributed by atoms with Crippen molar-refractivity contribution >= 4 is 50.1 Å². The molecular formula is C36H44N6O7S2. The molecule has 1 aromatic carbocycles. The number of nitrogens with one attached hydrogen (secondary N) is 3. The number of fused-ring (bicyclic) bond motifs is 3. The predicted molar refractivity (Wildman–Crippen MR) is 193 cm³/mol. The number of nitrogens with zero attached hydrogens (tertiary/aromatic N) is 3. The van der Waals surface area contributed by atoms with E-state index in [-0.39, 0.29) is 31.2 Å². The number of methoxy groups -OCH3 is 1. The zero-order valence-corrected chi connectivity index (χ0v) is 30.9. The summed E-state index contributed by atoms with van der Waals surface area (Å²) in [5, 5.41) is 9.34. The predicted octanol–water partition coefficient (Wildman–Crippen LogP) is 4.64. The van der Waals surface area contributed by atoms with Crippen molar-refractivity contribution in [3.8, 4) is 22.2 Å². The van der Waals surface area contributed by atoms with E-state index in [1.165, 1.54) is 16.2 Å². The molecule has 4 atom stereocenters. The first kappa shape index (κ1) is 35.2. The van der Waals surface area contributed by atoms with E-state index >= 15 is 0 Å². The lowest BCUT2D eigenvalue weighted by atomic mass is 10.1. The monoisotopic (exact) mass is 736 g/mol. The van der Waals surface area contributed by atoms with Crippen LogP contribution in [0.1, 0.15) is 77.3 Å². The number of urea groups is 1. The molecule has 3 aromatic rings. The van der Waals surface area contributed by atoms with Crippen LogP contribution >= 0.6 is 11.3 Å². The van der Waals surface area contributed by atoms with Crippen molar-refractivity contribution in [1.29, 1.82) is 0 Å². The summed E-state index contributed by atoms with van der Waals surface area (Å²) in [6, 6.07) is 5.99. The summed E-state index contributed by atoms with van der Waals surface area (Å²) in [6.45, 7) is 6.33. The van der Waals surface area contributed by atoms with Crippen molar-refractivity contribution in [3.05, 3.63) is 47.5 Å². The number of hydrogen-bond acceptors (Lipinski definition) is 10. The van der Waals surface area contributed by atoms with E-state index in [2.05, 4.69) is 29.2 Å². The Hall–Kier alpha value is -4.24. The van der Waals surface area contributed by atoms with E-state index in [0.717, 1.165) is 35.4 Å². The lowest BCUT2D eigenvalue weighted by molar-refractivity contribution is -0.131. The van der Waals surface area contributed by atoms with Crippen LogP contribution in [0.5, 0.6) is 11.5 Å². The fraction of sp³-hybridized carbons (Fsp3) is 0.528. The minimum absolute atomic E-state index is 0.114. The van der Waals surface area contributed by atoms with Gasteiger partial charge < -0.3 is 25.0 Å². The van der Waals surface area contributed by atoms with Crippen molar-refractivity contribution in [1.82, 2.24) is 30.2 Å². The van der Waals surface area contributed by atoms with Crippen molar-refractivity contribution in [2.75, 3.05) is 20.2 Å². The number of aromatic nitrogens is 2. The van der Waals surface area contributed by atoms with Gasteiger partial charge in [0.05, 0.1) is 29.6 Å². The van der Waals surface area contributed by atoms with Crippen LogP contribution in [-0.4, -0.2) is 83.8 Å². The van der Waals surface area contributed by atoms with Gasteiger partial charge in [0.1, 0.15) is 39.9 Å². The van der Waals surface area contributed by atoms with E-state index in [1.807, 2.05) is 41.8 Å². The highest BCUT2D eigenvalue weighted by atomic mass is 32.2. The topological polar surface area (TPSA) is 169 Å². The average Bonchev–Trinajstić information content (AvgIpc) is 3.86. The minimum atomic E-state index is -3.93. The van der Waals surface area contributed by atoms with Crippen molar-refractivity contribution in [2.45, 2.75) is 94.1 Å². The lowest BCUT2D eigenvalue weighted by Crippen LogP contribution is -2.57. The second-order valence-electron chi connectivity index (χ2n) is 14.6. The fourth-order valence-electron chi connectivity index (χ4n) is 6.73. The van der Waals surface area contributed by atoms with Gasteiger partial charge in [-0.3, -0.25) is 14.3 Å². The third-order valence-electron chi connectivity index (χ3n) is 10.5. The molecule has 0 spiro atoms. The first-order valence-corrected chi connectivity index (χ1v) is 19.9. The molecule has 2 saturated carbocycles. The van der Waals surface area contributed by atoms with Gasteiger partial charge in [-0.05, 0) is 63.5 Å². The van der Waals surface area contributed by atoms with Crippen molar-refractivity contribution in [3.63, 3.8) is 0 Å². The number of benzene rings is 1. The molecule has 4 heterocycles. The molecule has 0 bridgehead atoms. The molecule has 2 aromatic heterocycles. The smallest absolute Gasteiger partial charge is 0.318 e. The third-order valence-corrected chi connectivity index (χ3v) is 13.5. The zero-order valence-electron chi connectivity index (χ0n) is 29.2. The van der Waals surface area contributed by atoms with Crippen LogP contribution in [-0.2, 0) is 19.6 Å². The highest BCUT2D eigenvalue weighted by Crippen LogP contribution is 2.47. The molecule has 272 valence electrons. The van der Waals surface area contributed by atoms with Crippen LogP contribution in [0, 0.1) is 5.92 Å². The van der Waals surface area contributed by atoms with Crippen LogP contribution < -0.4 is 24.8 Å². The summed E-state index contributed by atoms with van der Waals surface area (Å²) in [5.74, 6) is -0.248. The van der Waals surface area contributed by atoms with Crippen molar-refractivity contribution in [2.24, 2.45) is 5.92 Å². The van der Waals surface area contributed by atoms with E-state index in [0.29, 0.717) is 42.1 Å². The lowest BCUT2D eigenvalue weighted by Gasteiger charge is -2.27. The maximum atomic E-state index is 14.1. The number of ether oxygens (including phenoxy) is 2. The van der Waals surface area contributed by atoms with Gasteiger partial charge >= 0.3 is 6.03 Å². The first-order chi connectivity index (χ1) is 24.3. The maximum absolute atomic E-state index is 14.1. The minimum Gasteiger partial charge on any atom is -0.497 e. The molecule has 3 fully saturated rings. The average molecular weight is 737 g/mol. The van der Waals surface area contributed by atoms with Gasteiger partial charge in [0.2, 0.25) is 15.9 Å². The number of carbonyl (C=O) groups is 3. The number of pyridine rings is 1. The first-order valence-electron chi connectivity index (χ1n) is 17.5. The van der Waals surface area contributed by atoms with E-state index < -0.39 is 50.3 Å². The maximum Gasteiger partial charge on any atom is 0.318 e. The number of rotatable bonds is 8. The third kappa shape index (κ3) is 6.89. The van der Waals surface area contributed by atoms with Crippen LogP contribution in [0.15, 0.2) is 41.8 Å². The van der Waals surface area contributed by atoms with Crippen LogP contribution in [0.4, 0.5) is 4.79 Å². The Kier molecular flexibility index (Phi) is 9.23. The van der Waals surface area contributed by atoms with Crippen LogP contribution in [0.25, 0.3) is 21.6 Å². The molecule has 51 heavy (non-hydrogen) atoms. The molecule has 2 aliphatic carbocycles. The van der Waals surface area contributed by atoms with Gasteiger partial charge in [-0.1, -0.05) is 26.0 Å². The number of hydrogen-bond donors (Lipinski definition) is 3. The number of amides is 4. The Morgan fingerprint density at radius 3 is 2.69 bits per heavy atom. The Balaban J connectivity index is 1.18. The molecular weight excluding hydrogens is 693 g/mol. The molecule has 7 rings (SSSR count). The molecule has 4 amide bonds. The SMILES string of the molecule is COc1ccc2c(O[C@@H]3C[C@H]4C(=O)N[C@]5(C(=O)NS(=O)(=O)C6(C)CC6)C[C@H]5/C=C\CCCCNC(=O)N4C3)cc(-c3nc(C(C)C)cs3)nc2c1. The zero-order chi connectivity index (χ0) is 36.1. The summed E-state index contributed by atoms with van der Waals surface area (Å²) in [5.41, 5.74) is 0.803. The van der Waals surface area contributed by atoms with E-state index in [4.69, 9.17) is 19.4 Å². The van der Waals surface area contributed by atoms with Gasteiger partial charge in [0.25, 0.3) is 5.91 Å². The van der Waals surface area contributed by atoms with E-state index in [9.17, 15) is 22.8 Å². The molecule has 13 nitrogen and oxygen atoms in total. The summed E-state index contributed by atoms with van der Waals surface area (Å²) in [4.78, 5) is 52.5. The number of sulfonamides is 1. The Bertz CT molecular complexity index is 2010. The van der Waals surface area contributed by atoms with Gasteiger partial charge in [0.15, 0.2) is 0 Å². The van der Waals surface area contributed by atoms with Gasteiger partial charge in [-0.2, -0.15) is 0 Å². The number of thiazole rings is 1. The van der Waals surface area contributed by atoms with Crippen LogP contribution in [0.3, 0.4) is 0 Å². The highest BCUT2D eigenvalue weighted by molar-refractivity contribution is 7.91. The fourth-order valence-corrected chi connectivity index (χ4v) is 8.98. The Labute approximate surface area is 301 Å². The normalized spacial score (nSPS) is 26.7. The van der Waals surface area contributed by atoms with Crippen LogP contribution in [0.2, 0.25) is 0 Å². The second kappa shape index (κ2) is 13.4. The standard InChI is InChI=1S/C36H44N6O7S2/c1-21(2)28-20-50-32(39-28)27-17-30(25-11-10-23(48-4)15-26(25)38-27)49-24-16-29-31(43)40-36(33(44)41-51(46,47)35(3)12-13-35)18-22(36)9-7-5-6-8-14-37-34(45)42(29)19-24/h7,9-11,15,17,20-22,24,29H,5-6,8,12-14,16,18-19H2,1-4H3,(H,37,45)(H,40,43)(H,41,44)/b9-7-/t22-,24-,29+,36-/m1/s1. The van der Waals surface area contributed by atoms with Gasteiger partial charge in [0, 0.05) is 41.8 Å². The molecule has 0 unspecified atom stereocenters. The quantitative estimate of drug-likeness (QED) is 0.279. The van der Waals surface area contributed by atoms with Gasteiger partial charge in [-0.25, -0.2) is 23.2 Å². The summed E-state index contributed by atoms with van der Waals surface area (Å²) < 4.78 is 39.5. The Morgan fingerprint density at radius 2 is 1.96 bits per heavy atom.